The van der Waals surface area contributed by atoms with E-state index in [1.165, 1.54) is 12.1 Å². The highest BCUT2D eigenvalue weighted by atomic mass is 19.1. The van der Waals surface area contributed by atoms with Gasteiger partial charge in [-0.05, 0) is 54.6 Å². The number of nitrogens with zero attached hydrogens (tertiary/aromatic N) is 2. The first kappa shape index (κ1) is 22.6. The summed E-state index contributed by atoms with van der Waals surface area (Å²) in [5.74, 6) is -0.498. The van der Waals surface area contributed by atoms with Crippen molar-refractivity contribution in [2.24, 2.45) is 4.99 Å². The van der Waals surface area contributed by atoms with Gasteiger partial charge in [-0.15, -0.1) is 0 Å². The highest BCUT2D eigenvalue weighted by Gasteiger charge is 2.24. The Morgan fingerprint density at radius 1 is 1.14 bits per heavy atom. The summed E-state index contributed by atoms with van der Waals surface area (Å²) >= 11 is 0. The first-order chi connectivity index (χ1) is 17.0. The summed E-state index contributed by atoms with van der Waals surface area (Å²) < 4.78 is 18.9. The number of amides is 1. The normalized spacial score (nSPS) is 14.1. The van der Waals surface area contributed by atoms with E-state index in [9.17, 15) is 14.3 Å². The van der Waals surface area contributed by atoms with E-state index in [0.29, 0.717) is 46.7 Å². The van der Waals surface area contributed by atoms with Crippen LogP contribution < -0.4 is 10.2 Å². The Kier molecular flexibility index (Phi) is 6.20. The molecule has 0 spiro atoms. The van der Waals surface area contributed by atoms with Crippen molar-refractivity contribution in [3.05, 3.63) is 89.2 Å². The zero-order valence-corrected chi connectivity index (χ0v) is 19.2. The van der Waals surface area contributed by atoms with Crippen molar-refractivity contribution >= 4 is 34.1 Å². The number of benzene rings is 3. The van der Waals surface area contributed by atoms with Crippen LogP contribution in [0.15, 0.2) is 71.7 Å². The van der Waals surface area contributed by atoms with Gasteiger partial charge in [-0.25, -0.2) is 14.2 Å². The topological polar surface area (TPSA) is 89.9 Å². The average molecular weight is 473 g/mol. The average Bonchev–Trinajstić information content (AvgIpc) is 3.43. The predicted octanol–water partition coefficient (Wildman–Crippen LogP) is 5.25. The summed E-state index contributed by atoms with van der Waals surface area (Å²) in [6.07, 6.45) is -0.374. The maximum Gasteiger partial charge on any atom is 0.414 e. The van der Waals surface area contributed by atoms with E-state index >= 15 is 0 Å². The number of carbonyl (C=O) groups is 1. The van der Waals surface area contributed by atoms with Crippen LogP contribution in [0.2, 0.25) is 0 Å². The number of fused-ring (bicyclic) bond motifs is 1. The molecule has 1 aliphatic rings. The van der Waals surface area contributed by atoms with Gasteiger partial charge in [-0.3, -0.25) is 4.90 Å². The molecule has 8 heteroatoms. The lowest BCUT2D eigenvalue weighted by Gasteiger charge is -2.14. The Bertz CT molecular complexity index is 1390. The molecule has 2 heterocycles. The SMILES string of the molecule is CCNCc1ccc(N=C(c2ccc(N3CCOC3=O)cc2)c2c(O)[nH]c3cc(F)ccc23)cc1. The van der Waals surface area contributed by atoms with Gasteiger partial charge in [0.2, 0.25) is 0 Å². The first-order valence-corrected chi connectivity index (χ1v) is 11.5. The van der Waals surface area contributed by atoms with Crippen LogP contribution in [0.25, 0.3) is 10.9 Å². The van der Waals surface area contributed by atoms with Gasteiger partial charge in [0.1, 0.15) is 12.4 Å². The van der Waals surface area contributed by atoms with Crippen molar-refractivity contribution < 1.29 is 19.0 Å². The summed E-state index contributed by atoms with van der Waals surface area (Å²) in [5, 5.41) is 14.7. The molecule has 7 nitrogen and oxygen atoms in total. The number of H-pyrrole nitrogens is 1. The number of aromatic hydroxyl groups is 1. The lowest BCUT2D eigenvalue weighted by molar-refractivity contribution is 0.181. The number of nitrogens with one attached hydrogen (secondary N) is 2. The zero-order valence-electron chi connectivity index (χ0n) is 19.2. The van der Waals surface area contributed by atoms with Crippen LogP contribution >= 0.6 is 0 Å². The molecule has 0 atom stereocenters. The van der Waals surface area contributed by atoms with Crippen LogP contribution in [0.5, 0.6) is 5.88 Å². The highest BCUT2D eigenvalue weighted by molar-refractivity contribution is 6.22. The van der Waals surface area contributed by atoms with Crippen molar-refractivity contribution in [1.82, 2.24) is 10.3 Å². The van der Waals surface area contributed by atoms with Crippen LogP contribution in [-0.4, -0.2) is 41.6 Å². The Balaban J connectivity index is 1.59. The van der Waals surface area contributed by atoms with Crippen molar-refractivity contribution in [3.8, 4) is 5.88 Å². The van der Waals surface area contributed by atoms with Crippen LogP contribution in [-0.2, 0) is 11.3 Å². The molecule has 0 unspecified atom stereocenters. The molecule has 3 aromatic carbocycles. The molecule has 5 rings (SSSR count). The van der Waals surface area contributed by atoms with Crippen molar-refractivity contribution in [2.75, 3.05) is 24.6 Å². The van der Waals surface area contributed by atoms with Gasteiger partial charge in [0, 0.05) is 23.2 Å². The third kappa shape index (κ3) is 4.61. The van der Waals surface area contributed by atoms with E-state index in [4.69, 9.17) is 9.73 Å². The number of aliphatic imine (C=N–C) groups is 1. The maximum atomic E-state index is 13.8. The summed E-state index contributed by atoms with van der Waals surface area (Å²) in [7, 11) is 0. The third-order valence-corrected chi connectivity index (χ3v) is 5.95. The molecule has 0 saturated carbocycles. The second-order valence-electron chi connectivity index (χ2n) is 8.26. The third-order valence-electron chi connectivity index (χ3n) is 5.95. The smallest absolute Gasteiger partial charge is 0.414 e. The molecule has 1 aliphatic heterocycles. The second kappa shape index (κ2) is 9.60. The fourth-order valence-electron chi connectivity index (χ4n) is 4.17. The largest absolute Gasteiger partial charge is 0.494 e. The van der Waals surface area contributed by atoms with Gasteiger partial charge in [0.25, 0.3) is 0 Å². The van der Waals surface area contributed by atoms with Crippen LogP contribution in [0, 0.1) is 5.82 Å². The number of carbonyl (C=O) groups excluding carboxylic acids is 1. The standard InChI is InChI=1S/C27H25FN4O3/c1-2-29-16-17-3-8-20(9-4-17)30-25(24-22-12-7-19(28)15-23(22)31-26(24)33)18-5-10-21(11-6-18)32-13-14-35-27(32)34/h3-12,15,29,31,33H,2,13-14,16H2,1H3. The summed E-state index contributed by atoms with van der Waals surface area (Å²) in [5.41, 5.74) is 4.78. The highest BCUT2D eigenvalue weighted by Crippen LogP contribution is 2.32. The van der Waals surface area contributed by atoms with Crippen LogP contribution in [0.4, 0.5) is 20.6 Å². The predicted molar refractivity (Wildman–Crippen MR) is 134 cm³/mol. The number of aromatic nitrogens is 1. The minimum atomic E-state index is -0.401. The van der Waals surface area contributed by atoms with Gasteiger partial charge < -0.3 is 20.1 Å². The Labute approximate surface area is 201 Å². The first-order valence-electron chi connectivity index (χ1n) is 11.5. The molecule has 1 aromatic heterocycles. The molecular formula is C27H25FN4O3. The number of aromatic amines is 1. The molecule has 1 fully saturated rings. The molecule has 1 saturated heterocycles. The molecule has 0 radical (unpaired) electrons. The van der Waals surface area contributed by atoms with E-state index in [2.05, 4.69) is 17.2 Å². The van der Waals surface area contributed by atoms with E-state index in [1.807, 2.05) is 48.5 Å². The van der Waals surface area contributed by atoms with Gasteiger partial charge >= 0.3 is 6.09 Å². The minimum Gasteiger partial charge on any atom is -0.494 e. The molecule has 35 heavy (non-hydrogen) atoms. The zero-order chi connectivity index (χ0) is 24.4. The van der Waals surface area contributed by atoms with Gasteiger partial charge in [-0.2, -0.15) is 0 Å². The Morgan fingerprint density at radius 3 is 2.60 bits per heavy atom. The van der Waals surface area contributed by atoms with E-state index in [0.717, 1.165) is 24.2 Å². The lowest BCUT2D eigenvalue weighted by Crippen LogP contribution is -2.23. The summed E-state index contributed by atoms with van der Waals surface area (Å²) in [4.78, 5) is 21.2. The number of anilines is 1. The van der Waals surface area contributed by atoms with Crippen LogP contribution in [0.3, 0.4) is 0 Å². The van der Waals surface area contributed by atoms with Crippen molar-refractivity contribution in [1.29, 1.82) is 0 Å². The molecular weight excluding hydrogens is 447 g/mol. The maximum absolute atomic E-state index is 13.8. The monoisotopic (exact) mass is 472 g/mol. The Morgan fingerprint density at radius 2 is 1.91 bits per heavy atom. The van der Waals surface area contributed by atoms with Gasteiger partial charge in [-0.1, -0.05) is 31.2 Å². The molecule has 4 aromatic rings. The van der Waals surface area contributed by atoms with Crippen molar-refractivity contribution in [3.63, 3.8) is 0 Å². The number of cyclic esters (lactones) is 1. The number of hydrogen-bond acceptors (Lipinski definition) is 5. The summed E-state index contributed by atoms with van der Waals surface area (Å²) in [6.45, 7) is 4.56. The van der Waals surface area contributed by atoms with Crippen LogP contribution in [0.1, 0.15) is 23.6 Å². The second-order valence-corrected chi connectivity index (χ2v) is 8.26. The van der Waals surface area contributed by atoms with E-state index in [-0.39, 0.29) is 12.0 Å². The summed E-state index contributed by atoms with van der Waals surface area (Å²) in [6, 6.07) is 19.5. The quantitative estimate of drug-likeness (QED) is 0.321. The Hall–Kier alpha value is -4.17. The molecule has 0 aliphatic carbocycles. The fourth-order valence-corrected chi connectivity index (χ4v) is 4.17. The van der Waals surface area contributed by atoms with Gasteiger partial charge in [0.05, 0.1) is 29.0 Å². The minimum absolute atomic E-state index is 0.0969. The van der Waals surface area contributed by atoms with Crippen molar-refractivity contribution in [2.45, 2.75) is 13.5 Å². The van der Waals surface area contributed by atoms with Gasteiger partial charge in [0.15, 0.2) is 5.88 Å². The lowest BCUT2D eigenvalue weighted by atomic mass is 10.00. The number of rotatable bonds is 7. The van der Waals surface area contributed by atoms with E-state index in [1.54, 1.807) is 11.0 Å². The molecule has 178 valence electrons. The molecule has 1 amide bonds. The molecule has 3 N–H and O–H groups in total. The van der Waals surface area contributed by atoms with E-state index < -0.39 is 5.82 Å². The number of halogens is 1. The number of hydrogen-bond donors (Lipinski definition) is 3. The fraction of sp³-hybridized carbons (Fsp3) is 0.185. The number of ether oxygens (including phenoxy) is 1. The molecule has 0 bridgehead atoms.